The van der Waals surface area contributed by atoms with Gasteiger partial charge in [0.25, 0.3) is 15.9 Å². The monoisotopic (exact) mass is 346 g/mol. The molecule has 1 unspecified atom stereocenters. The van der Waals surface area contributed by atoms with E-state index in [1.165, 1.54) is 14.0 Å². The van der Waals surface area contributed by atoms with Gasteiger partial charge in [-0.3, -0.25) is 9.59 Å². The van der Waals surface area contributed by atoms with E-state index in [9.17, 15) is 18.0 Å². The molecule has 1 aromatic heterocycles. The van der Waals surface area contributed by atoms with Gasteiger partial charge in [-0.15, -0.1) is 0 Å². The van der Waals surface area contributed by atoms with Crippen LogP contribution in [0.5, 0.6) is 0 Å². The molecule has 0 saturated heterocycles. The molecule has 1 rings (SSSR count). The number of carboxylic acids is 1. The van der Waals surface area contributed by atoms with Crippen molar-refractivity contribution >= 4 is 21.9 Å². The Balaban J connectivity index is 2.84. The number of carbonyl (C=O) groups is 2. The summed E-state index contributed by atoms with van der Waals surface area (Å²) in [5.74, 6) is -1.94. The third kappa shape index (κ3) is 5.07. The molecule has 0 radical (unpaired) electrons. The summed E-state index contributed by atoms with van der Waals surface area (Å²) in [6, 6.07) is 1.12. The van der Waals surface area contributed by atoms with E-state index in [2.05, 4.69) is 10.0 Å². The van der Waals surface area contributed by atoms with E-state index in [0.717, 1.165) is 6.07 Å². The predicted molar refractivity (Wildman–Crippen MR) is 82.6 cm³/mol. The van der Waals surface area contributed by atoms with Crippen LogP contribution in [0.25, 0.3) is 0 Å². The van der Waals surface area contributed by atoms with Gasteiger partial charge in [0.15, 0.2) is 0 Å². The lowest BCUT2D eigenvalue weighted by atomic mass is 9.97. The molecule has 1 heterocycles. The Hall–Kier alpha value is -1.87. The highest BCUT2D eigenvalue weighted by atomic mass is 32.2. The minimum absolute atomic E-state index is 0.0366. The lowest BCUT2D eigenvalue weighted by Gasteiger charge is -2.15. The molecule has 1 amide bonds. The Bertz CT molecular complexity index is 677. The Morgan fingerprint density at radius 1 is 1.35 bits per heavy atom. The average Bonchev–Trinajstić information content (AvgIpc) is 2.85. The highest BCUT2D eigenvalue weighted by Crippen LogP contribution is 2.19. The van der Waals surface area contributed by atoms with E-state index in [-0.39, 0.29) is 28.9 Å². The third-order valence-corrected chi connectivity index (χ3v) is 4.56. The van der Waals surface area contributed by atoms with Gasteiger partial charge in [-0.2, -0.15) is 0 Å². The van der Waals surface area contributed by atoms with Gasteiger partial charge in [0, 0.05) is 12.6 Å². The van der Waals surface area contributed by atoms with Crippen molar-refractivity contribution in [2.24, 2.45) is 11.8 Å². The van der Waals surface area contributed by atoms with Crippen molar-refractivity contribution in [2.45, 2.75) is 32.3 Å². The van der Waals surface area contributed by atoms with Crippen LogP contribution in [0.1, 0.15) is 36.4 Å². The van der Waals surface area contributed by atoms with Gasteiger partial charge in [0.2, 0.25) is 5.09 Å². The van der Waals surface area contributed by atoms with Crippen LogP contribution in [0, 0.1) is 18.8 Å². The second-order valence-corrected chi connectivity index (χ2v) is 7.44. The van der Waals surface area contributed by atoms with Gasteiger partial charge < -0.3 is 14.8 Å². The molecular weight excluding hydrogens is 324 g/mol. The topological polar surface area (TPSA) is 126 Å². The normalized spacial score (nSPS) is 13.1. The SMILES string of the molecule is CNS(=O)(=O)c1cc(C(=O)NCC(CC(C)C)C(=O)O)c(C)o1. The summed E-state index contributed by atoms with van der Waals surface area (Å²) < 4.78 is 30.5. The van der Waals surface area contributed by atoms with Crippen molar-refractivity contribution < 1.29 is 27.5 Å². The number of hydrogen-bond acceptors (Lipinski definition) is 5. The number of carbonyl (C=O) groups excluding carboxylic acids is 1. The Labute approximate surface area is 135 Å². The number of hydrogen-bond donors (Lipinski definition) is 3. The molecule has 0 aliphatic rings. The number of sulfonamides is 1. The second-order valence-electron chi connectivity index (χ2n) is 5.62. The number of nitrogens with one attached hydrogen (secondary N) is 2. The first-order valence-electron chi connectivity index (χ1n) is 7.13. The van der Waals surface area contributed by atoms with Crippen molar-refractivity contribution in [2.75, 3.05) is 13.6 Å². The molecule has 0 aliphatic carbocycles. The van der Waals surface area contributed by atoms with Crippen LogP contribution in [-0.4, -0.2) is 39.0 Å². The van der Waals surface area contributed by atoms with Crippen molar-refractivity contribution in [1.29, 1.82) is 0 Å². The number of furan rings is 1. The Kier molecular flexibility index (Phi) is 6.34. The first kappa shape index (κ1) is 19.2. The number of rotatable bonds is 8. The zero-order chi connectivity index (χ0) is 17.8. The minimum Gasteiger partial charge on any atom is -0.481 e. The molecule has 0 spiro atoms. The molecule has 1 atom stereocenters. The first-order chi connectivity index (χ1) is 10.6. The van der Waals surface area contributed by atoms with Crippen LogP contribution in [0.2, 0.25) is 0 Å². The molecule has 9 heteroatoms. The smallest absolute Gasteiger partial charge is 0.308 e. The van der Waals surface area contributed by atoms with E-state index < -0.39 is 27.8 Å². The number of aryl methyl sites for hydroxylation is 1. The largest absolute Gasteiger partial charge is 0.481 e. The number of aliphatic carboxylic acids is 1. The Morgan fingerprint density at radius 3 is 2.43 bits per heavy atom. The molecular formula is C14H22N2O6S. The van der Waals surface area contributed by atoms with Crippen LogP contribution in [-0.2, 0) is 14.8 Å². The van der Waals surface area contributed by atoms with E-state index in [0.29, 0.717) is 6.42 Å². The van der Waals surface area contributed by atoms with Gasteiger partial charge >= 0.3 is 5.97 Å². The van der Waals surface area contributed by atoms with Crippen molar-refractivity contribution in [1.82, 2.24) is 10.0 Å². The maximum absolute atomic E-state index is 12.1. The average molecular weight is 346 g/mol. The highest BCUT2D eigenvalue weighted by molar-refractivity contribution is 7.89. The zero-order valence-electron chi connectivity index (χ0n) is 13.5. The molecule has 0 saturated carbocycles. The third-order valence-electron chi connectivity index (χ3n) is 3.29. The van der Waals surface area contributed by atoms with Crippen LogP contribution in [0.4, 0.5) is 0 Å². The standard InChI is InChI=1S/C14H22N2O6S/c1-8(2)5-10(14(18)19)7-16-13(17)11-6-12(22-9(11)3)23(20,21)15-4/h6,8,10,15H,5,7H2,1-4H3,(H,16,17)(H,18,19). The summed E-state index contributed by atoms with van der Waals surface area (Å²) in [6.45, 7) is 5.22. The Morgan fingerprint density at radius 2 is 1.96 bits per heavy atom. The fraction of sp³-hybridized carbons (Fsp3) is 0.571. The molecule has 0 bridgehead atoms. The molecule has 130 valence electrons. The van der Waals surface area contributed by atoms with E-state index in [1.807, 2.05) is 13.8 Å². The summed E-state index contributed by atoms with van der Waals surface area (Å²) in [5.41, 5.74) is 0.0625. The number of amides is 1. The molecule has 23 heavy (non-hydrogen) atoms. The zero-order valence-corrected chi connectivity index (χ0v) is 14.4. The minimum atomic E-state index is -3.78. The van der Waals surface area contributed by atoms with Crippen molar-refractivity contribution in [3.63, 3.8) is 0 Å². The van der Waals surface area contributed by atoms with Gasteiger partial charge in [-0.25, -0.2) is 13.1 Å². The first-order valence-corrected chi connectivity index (χ1v) is 8.61. The summed E-state index contributed by atoms with van der Waals surface area (Å²) in [5, 5.41) is 11.3. The second kappa shape index (κ2) is 7.60. The van der Waals surface area contributed by atoms with Crippen molar-refractivity contribution in [3.05, 3.63) is 17.4 Å². The molecule has 8 nitrogen and oxygen atoms in total. The van der Waals surface area contributed by atoms with Crippen LogP contribution < -0.4 is 10.0 Å². The van der Waals surface area contributed by atoms with Gasteiger partial charge in [0.1, 0.15) is 5.76 Å². The summed E-state index contributed by atoms with van der Waals surface area (Å²) in [4.78, 5) is 23.3. The van der Waals surface area contributed by atoms with Gasteiger partial charge in [-0.1, -0.05) is 13.8 Å². The van der Waals surface area contributed by atoms with E-state index in [1.54, 1.807) is 0 Å². The van der Waals surface area contributed by atoms with E-state index >= 15 is 0 Å². The summed E-state index contributed by atoms with van der Waals surface area (Å²) in [7, 11) is -2.55. The predicted octanol–water partition coefficient (Wildman–Crippen LogP) is 0.973. The molecule has 0 fully saturated rings. The fourth-order valence-electron chi connectivity index (χ4n) is 2.06. The maximum Gasteiger partial charge on any atom is 0.308 e. The molecule has 0 aliphatic heterocycles. The summed E-state index contributed by atoms with van der Waals surface area (Å²) in [6.07, 6.45) is 0.430. The highest BCUT2D eigenvalue weighted by Gasteiger charge is 2.24. The maximum atomic E-state index is 12.1. The molecule has 0 aromatic carbocycles. The lowest BCUT2D eigenvalue weighted by molar-refractivity contribution is -0.142. The van der Waals surface area contributed by atoms with E-state index in [4.69, 9.17) is 9.52 Å². The number of carboxylic acid groups (broad SMARTS) is 1. The molecule has 1 aromatic rings. The van der Waals surface area contributed by atoms with Gasteiger partial charge in [-0.05, 0) is 26.3 Å². The van der Waals surface area contributed by atoms with Crippen LogP contribution in [0.15, 0.2) is 15.6 Å². The quantitative estimate of drug-likeness (QED) is 0.644. The lowest BCUT2D eigenvalue weighted by Crippen LogP contribution is -2.33. The molecule has 3 N–H and O–H groups in total. The summed E-state index contributed by atoms with van der Waals surface area (Å²) >= 11 is 0. The van der Waals surface area contributed by atoms with Gasteiger partial charge in [0.05, 0.1) is 11.5 Å². The van der Waals surface area contributed by atoms with Crippen molar-refractivity contribution in [3.8, 4) is 0 Å². The van der Waals surface area contributed by atoms with Crippen LogP contribution >= 0.6 is 0 Å². The van der Waals surface area contributed by atoms with Crippen LogP contribution in [0.3, 0.4) is 0 Å². The fourth-order valence-corrected chi connectivity index (χ4v) is 2.77.